The van der Waals surface area contributed by atoms with Crippen LogP contribution >= 0.6 is 0 Å². The fourth-order valence-corrected chi connectivity index (χ4v) is 2.48. The Morgan fingerprint density at radius 3 is 2.58 bits per heavy atom. The van der Waals surface area contributed by atoms with Crippen molar-refractivity contribution in [1.82, 2.24) is 29.6 Å². The van der Waals surface area contributed by atoms with Crippen molar-refractivity contribution in [2.45, 2.75) is 20.0 Å². The first-order chi connectivity index (χ1) is 11.4. The van der Waals surface area contributed by atoms with Gasteiger partial charge in [0.1, 0.15) is 6.10 Å². The molecule has 0 fully saturated rings. The number of benzene rings is 1. The number of rotatable bonds is 3. The summed E-state index contributed by atoms with van der Waals surface area (Å²) in [6.07, 6.45) is 0.364. The summed E-state index contributed by atoms with van der Waals surface area (Å²) in [5.41, 5.74) is 1.53. The van der Waals surface area contributed by atoms with Gasteiger partial charge in [0.25, 0.3) is 0 Å². The molecular formula is C15H16N6O3. The predicted octanol–water partition coefficient (Wildman–Crippen LogP) is 0.213. The molecule has 3 rings (SSSR count). The molecule has 3 aromatic rings. The van der Waals surface area contributed by atoms with Gasteiger partial charge in [-0.25, -0.2) is 9.48 Å². The van der Waals surface area contributed by atoms with Gasteiger partial charge in [0, 0.05) is 25.7 Å². The zero-order valence-corrected chi connectivity index (χ0v) is 13.4. The Kier molecular flexibility index (Phi) is 3.86. The van der Waals surface area contributed by atoms with Crippen molar-refractivity contribution in [2.24, 2.45) is 7.05 Å². The molecule has 0 radical (unpaired) electrons. The minimum atomic E-state index is -1.12. The number of carbonyl (C=O) groups excluding carboxylic acids is 1. The van der Waals surface area contributed by atoms with E-state index in [1.54, 1.807) is 18.2 Å². The van der Waals surface area contributed by atoms with E-state index in [1.807, 2.05) is 13.0 Å². The molecule has 0 aliphatic carbocycles. The molecule has 9 heteroatoms. The van der Waals surface area contributed by atoms with Gasteiger partial charge < -0.3 is 5.11 Å². The molecule has 0 spiro atoms. The summed E-state index contributed by atoms with van der Waals surface area (Å²) in [6, 6.07) is 6.80. The Bertz CT molecular complexity index is 968. The Balaban J connectivity index is 2.15. The van der Waals surface area contributed by atoms with Crippen LogP contribution < -0.4 is 5.69 Å². The third-order valence-electron chi connectivity index (χ3n) is 3.74. The standard InChI is InChI=1S/C15H16N6O3/c1-9-5-4-6-12(21-15(24)19(3)17-18-21)13(9)14(23)11-7-8-20(16-11)10(2)22/h4-8,14,23H,1-3H3. The second-order valence-corrected chi connectivity index (χ2v) is 5.41. The summed E-state index contributed by atoms with van der Waals surface area (Å²) in [7, 11) is 1.49. The van der Waals surface area contributed by atoms with E-state index in [-0.39, 0.29) is 5.91 Å². The predicted molar refractivity (Wildman–Crippen MR) is 83.9 cm³/mol. The maximum Gasteiger partial charge on any atom is 0.368 e. The summed E-state index contributed by atoms with van der Waals surface area (Å²) < 4.78 is 3.36. The molecule has 0 saturated carbocycles. The monoisotopic (exact) mass is 328 g/mol. The number of aromatic nitrogens is 6. The summed E-state index contributed by atoms with van der Waals surface area (Å²) in [4.78, 5) is 23.5. The first-order valence-electron chi connectivity index (χ1n) is 7.23. The summed E-state index contributed by atoms with van der Waals surface area (Å²) >= 11 is 0. The second kappa shape index (κ2) is 5.85. The van der Waals surface area contributed by atoms with Crippen LogP contribution in [0.3, 0.4) is 0 Å². The highest BCUT2D eigenvalue weighted by atomic mass is 16.3. The van der Waals surface area contributed by atoms with Crippen molar-refractivity contribution in [3.8, 4) is 5.69 Å². The van der Waals surface area contributed by atoms with Crippen LogP contribution in [-0.2, 0) is 7.05 Å². The number of aliphatic hydroxyl groups is 1. The van der Waals surface area contributed by atoms with Gasteiger partial charge in [0.15, 0.2) is 0 Å². The highest BCUT2D eigenvalue weighted by Crippen LogP contribution is 2.28. The number of aryl methyl sites for hydroxylation is 2. The van der Waals surface area contributed by atoms with Gasteiger partial charge in [0.05, 0.1) is 11.4 Å². The molecule has 2 aromatic heterocycles. The van der Waals surface area contributed by atoms with Crippen molar-refractivity contribution >= 4 is 5.91 Å². The molecule has 2 heterocycles. The normalized spacial score (nSPS) is 12.3. The lowest BCUT2D eigenvalue weighted by Gasteiger charge is -2.15. The fourth-order valence-electron chi connectivity index (χ4n) is 2.48. The van der Waals surface area contributed by atoms with Crippen molar-refractivity contribution < 1.29 is 9.90 Å². The fraction of sp³-hybridized carbons (Fsp3) is 0.267. The SMILES string of the molecule is CC(=O)n1ccc(C(O)c2c(C)cccc2-n2nnn(C)c2=O)n1. The van der Waals surface area contributed by atoms with Gasteiger partial charge in [-0.15, -0.1) is 0 Å². The molecule has 124 valence electrons. The van der Waals surface area contributed by atoms with Crippen LogP contribution in [0.1, 0.15) is 34.6 Å². The maximum absolute atomic E-state index is 12.1. The number of nitrogens with zero attached hydrogens (tertiary/aromatic N) is 6. The van der Waals surface area contributed by atoms with Crippen LogP contribution in [0.2, 0.25) is 0 Å². The Morgan fingerprint density at radius 1 is 1.25 bits per heavy atom. The molecule has 1 aromatic carbocycles. The van der Waals surface area contributed by atoms with Crippen molar-refractivity contribution in [2.75, 3.05) is 0 Å². The van der Waals surface area contributed by atoms with Crippen LogP contribution in [-0.4, -0.2) is 40.6 Å². The van der Waals surface area contributed by atoms with E-state index in [0.717, 1.165) is 19.6 Å². The zero-order chi connectivity index (χ0) is 17.4. The molecule has 9 nitrogen and oxygen atoms in total. The number of aliphatic hydroxyl groups excluding tert-OH is 1. The topological polar surface area (TPSA) is 108 Å². The van der Waals surface area contributed by atoms with E-state index >= 15 is 0 Å². The van der Waals surface area contributed by atoms with E-state index in [0.29, 0.717) is 16.9 Å². The number of hydrogen-bond donors (Lipinski definition) is 1. The van der Waals surface area contributed by atoms with Gasteiger partial charge >= 0.3 is 5.69 Å². The van der Waals surface area contributed by atoms with Crippen LogP contribution in [0.4, 0.5) is 0 Å². The Labute approximate surface area is 136 Å². The average Bonchev–Trinajstić information content (AvgIpc) is 3.15. The van der Waals surface area contributed by atoms with E-state index in [4.69, 9.17) is 0 Å². The van der Waals surface area contributed by atoms with Gasteiger partial charge in [-0.2, -0.15) is 14.5 Å². The van der Waals surface area contributed by atoms with Gasteiger partial charge in [-0.1, -0.05) is 12.1 Å². The zero-order valence-electron chi connectivity index (χ0n) is 13.4. The number of tetrazole rings is 1. The third kappa shape index (κ3) is 2.54. The van der Waals surface area contributed by atoms with Crippen molar-refractivity contribution in [3.63, 3.8) is 0 Å². The summed E-state index contributed by atoms with van der Waals surface area (Å²) in [6.45, 7) is 3.19. The molecule has 1 atom stereocenters. The van der Waals surface area contributed by atoms with E-state index in [1.165, 1.54) is 20.2 Å². The number of carbonyl (C=O) groups is 1. The van der Waals surface area contributed by atoms with E-state index in [9.17, 15) is 14.7 Å². The lowest BCUT2D eigenvalue weighted by molar-refractivity contribution is 0.0919. The highest BCUT2D eigenvalue weighted by molar-refractivity contribution is 5.75. The molecule has 1 N–H and O–H groups in total. The lowest BCUT2D eigenvalue weighted by atomic mass is 9.99. The first-order valence-corrected chi connectivity index (χ1v) is 7.23. The van der Waals surface area contributed by atoms with Gasteiger partial charge in [-0.3, -0.25) is 4.79 Å². The largest absolute Gasteiger partial charge is 0.382 e. The molecule has 0 saturated heterocycles. The van der Waals surface area contributed by atoms with Crippen LogP contribution in [0.25, 0.3) is 5.69 Å². The molecular weight excluding hydrogens is 312 g/mol. The smallest absolute Gasteiger partial charge is 0.368 e. The molecule has 1 unspecified atom stereocenters. The Hall–Kier alpha value is -3.07. The van der Waals surface area contributed by atoms with Crippen LogP contribution in [0.5, 0.6) is 0 Å². The third-order valence-corrected chi connectivity index (χ3v) is 3.74. The second-order valence-electron chi connectivity index (χ2n) is 5.41. The van der Waals surface area contributed by atoms with Gasteiger partial charge in [0.2, 0.25) is 5.91 Å². The molecule has 0 bridgehead atoms. The first kappa shape index (κ1) is 15.8. The summed E-state index contributed by atoms with van der Waals surface area (Å²) in [5, 5.41) is 22.3. The summed E-state index contributed by atoms with van der Waals surface area (Å²) in [5.74, 6) is -0.261. The molecule has 0 aliphatic rings. The minimum Gasteiger partial charge on any atom is -0.382 e. The van der Waals surface area contributed by atoms with Crippen molar-refractivity contribution in [1.29, 1.82) is 0 Å². The van der Waals surface area contributed by atoms with Crippen molar-refractivity contribution in [3.05, 3.63) is 57.8 Å². The van der Waals surface area contributed by atoms with E-state index < -0.39 is 11.8 Å². The lowest BCUT2D eigenvalue weighted by Crippen LogP contribution is -2.23. The van der Waals surface area contributed by atoms with Crippen LogP contribution in [0.15, 0.2) is 35.3 Å². The minimum absolute atomic E-state index is 0.261. The van der Waals surface area contributed by atoms with Gasteiger partial charge in [-0.05, 0) is 35.0 Å². The molecule has 24 heavy (non-hydrogen) atoms. The Morgan fingerprint density at radius 2 is 2.00 bits per heavy atom. The highest BCUT2D eigenvalue weighted by Gasteiger charge is 2.22. The quantitative estimate of drug-likeness (QED) is 0.736. The maximum atomic E-state index is 12.1. The number of hydrogen-bond acceptors (Lipinski definition) is 6. The van der Waals surface area contributed by atoms with E-state index in [2.05, 4.69) is 15.5 Å². The molecule has 0 aliphatic heterocycles. The molecule has 0 amide bonds. The van der Waals surface area contributed by atoms with Crippen LogP contribution in [0, 0.1) is 6.92 Å². The average molecular weight is 328 g/mol.